The lowest BCUT2D eigenvalue weighted by atomic mass is 10.2. The maximum Gasteiger partial charge on any atom is 0.337 e. The highest BCUT2D eigenvalue weighted by atomic mass is 35.5. The van der Waals surface area contributed by atoms with Gasteiger partial charge in [0.15, 0.2) is 9.84 Å². The third-order valence-corrected chi connectivity index (χ3v) is 4.34. The lowest BCUT2D eigenvalue weighted by Gasteiger charge is -2.10. The van der Waals surface area contributed by atoms with Gasteiger partial charge in [0.1, 0.15) is 11.6 Å². The average molecular weight is 338 g/mol. The molecule has 0 radical (unpaired) electrons. The number of amides is 1. The minimum absolute atomic E-state index is 0.260. The van der Waals surface area contributed by atoms with Crippen LogP contribution >= 0.6 is 11.6 Å². The third kappa shape index (κ3) is 4.40. The summed E-state index contributed by atoms with van der Waals surface area (Å²) in [6.07, 6.45) is 0. The van der Waals surface area contributed by atoms with Crippen molar-refractivity contribution in [1.82, 2.24) is 5.32 Å². The number of carboxylic acid groups (broad SMARTS) is 1. The number of rotatable bonds is 5. The normalized spacial score (nSPS) is 11.5. The molecule has 0 atom stereocenters. The van der Waals surface area contributed by atoms with E-state index >= 15 is 0 Å². The number of nitrogens with one attached hydrogen (secondary N) is 1. The Kier molecular flexibility index (Phi) is 5.30. The zero-order chi connectivity index (χ0) is 16.4. The topological polar surface area (TPSA) is 101 Å². The second kappa shape index (κ2) is 6.40. The fourth-order valence-corrected chi connectivity index (χ4v) is 2.88. The van der Waals surface area contributed by atoms with Gasteiger partial charge in [-0.15, -0.1) is 0 Å². The van der Waals surface area contributed by atoms with Gasteiger partial charge in [0.2, 0.25) is 5.91 Å². The Morgan fingerprint density at radius 2 is 1.95 bits per heavy atom. The standard InChI is InChI=1S/C12H13ClFNO5S/c1-6(2)15-10(16)5-21(19,20)7-3-8(12(17)18)11(13)9(14)4-7/h3-4,6H,5H2,1-2H3,(H,15,16)(H,17,18). The molecule has 2 N–H and O–H groups in total. The van der Waals surface area contributed by atoms with Crippen molar-refractivity contribution in [2.45, 2.75) is 24.8 Å². The maximum absolute atomic E-state index is 13.5. The minimum atomic E-state index is -4.17. The van der Waals surface area contributed by atoms with E-state index < -0.39 is 48.8 Å². The second-order valence-corrected chi connectivity index (χ2v) is 6.92. The molecule has 0 saturated carbocycles. The van der Waals surface area contributed by atoms with Gasteiger partial charge in [0.25, 0.3) is 0 Å². The largest absolute Gasteiger partial charge is 0.478 e. The predicted octanol–water partition coefficient (Wildman–Crippen LogP) is 1.48. The molecule has 0 aromatic heterocycles. The zero-order valence-electron chi connectivity index (χ0n) is 11.2. The first kappa shape index (κ1) is 17.4. The average Bonchev–Trinajstić information content (AvgIpc) is 2.29. The molecule has 21 heavy (non-hydrogen) atoms. The van der Waals surface area contributed by atoms with Crippen LogP contribution in [0.1, 0.15) is 24.2 Å². The number of halogens is 2. The molecule has 0 aliphatic rings. The highest BCUT2D eigenvalue weighted by Gasteiger charge is 2.24. The molecular formula is C12H13ClFNO5S. The maximum atomic E-state index is 13.5. The summed E-state index contributed by atoms with van der Waals surface area (Å²) < 4.78 is 37.5. The zero-order valence-corrected chi connectivity index (χ0v) is 12.8. The first-order valence-corrected chi connectivity index (χ1v) is 7.82. The molecule has 0 spiro atoms. The molecule has 1 amide bonds. The monoisotopic (exact) mass is 337 g/mol. The first-order valence-electron chi connectivity index (χ1n) is 5.79. The molecule has 1 aromatic carbocycles. The van der Waals surface area contributed by atoms with Crippen LogP contribution in [0, 0.1) is 5.82 Å². The van der Waals surface area contributed by atoms with Crippen molar-refractivity contribution in [3.05, 3.63) is 28.5 Å². The number of aromatic carboxylic acids is 1. The molecule has 0 aliphatic carbocycles. The fraction of sp³-hybridized carbons (Fsp3) is 0.333. The lowest BCUT2D eigenvalue weighted by Crippen LogP contribution is -2.35. The predicted molar refractivity (Wildman–Crippen MR) is 73.7 cm³/mol. The van der Waals surface area contributed by atoms with Crippen molar-refractivity contribution in [3.8, 4) is 0 Å². The molecule has 0 unspecified atom stereocenters. The number of hydrogen-bond donors (Lipinski definition) is 2. The summed E-state index contributed by atoms with van der Waals surface area (Å²) >= 11 is 5.45. The van der Waals surface area contributed by atoms with Crippen LogP contribution in [0.15, 0.2) is 17.0 Å². The Balaban J connectivity index is 3.21. The van der Waals surface area contributed by atoms with Crippen LogP contribution in [0.25, 0.3) is 0 Å². The number of hydrogen-bond acceptors (Lipinski definition) is 4. The SMILES string of the molecule is CC(C)NC(=O)CS(=O)(=O)c1cc(F)c(Cl)c(C(=O)O)c1. The summed E-state index contributed by atoms with van der Waals surface area (Å²) in [5.41, 5.74) is -0.681. The summed E-state index contributed by atoms with van der Waals surface area (Å²) in [4.78, 5) is 21.8. The molecule has 1 aromatic rings. The van der Waals surface area contributed by atoms with Crippen molar-refractivity contribution >= 4 is 33.3 Å². The Labute approximate surface area is 125 Å². The van der Waals surface area contributed by atoms with Crippen LogP contribution in [0.3, 0.4) is 0 Å². The van der Waals surface area contributed by atoms with E-state index in [2.05, 4.69) is 5.32 Å². The molecule has 0 aliphatic heterocycles. The fourth-order valence-electron chi connectivity index (χ4n) is 1.52. The van der Waals surface area contributed by atoms with E-state index in [1.54, 1.807) is 13.8 Å². The van der Waals surface area contributed by atoms with Crippen molar-refractivity contribution in [2.24, 2.45) is 0 Å². The molecule has 0 bridgehead atoms. The van der Waals surface area contributed by atoms with Gasteiger partial charge in [-0.2, -0.15) is 0 Å². The molecule has 1 rings (SSSR count). The van der Waals surface area contributed by atoms with Crippen molar-refractivity contribution in [2.75, 3.05) is 5.75 Å². The third-order valence-electron chi connectivity index (χ3n) is 2.36. The molecule has 0 fully saturated rings. The van der Waals surface area contributed by atoms with E-state index in [0.29, 0.717) is 6.07 Å². The van der Waals surface area contributed by atoms with E-state index in [1.165, 1.54) is 0 Å². The quantitative estimate of drug-likeness (QED) is 0.847. The summed E-state index contributed by atoms with van der Waals surface area (Å²) in [5, 5.41) is 10.5. The van der Waals surface area contributed by atoms with Crippen LogP contribution < -0.4 is 5.32 Å². The van der Waals surface area contributed by atoms with Crippen LogP contribution in [0.2, 0.25) is 5.02 Å². The van der Waals surface area contributed by atoms with E-state index in [4.69, 9.17) is 16.7 Å². The van der Waals surface area contributed by atoms with Gasteiger partial charge in [-0.05, 0) is 26.0 Å². The smallest absolute Gasteiger partial charge is 0.337 e. The Morgan fingerprint density at radius 3 is 2.43 bits per heavy atom. The number of sulfone groups is 1. The van der Waals surface area contributed by atoms with Crippen LogP contribution in [-0.4, -0.2) is 37.2 Å². The first-order chi connectivity index (χ1) is 9.54. The summed E-state index contributed by atoms with van der Waals surface area (Å²) in [6, 6.07) is 1.06. The van der Waals surface area contributed by atoms with Crippen molar-refractivity contribution < 1.29 is 27.5 Å². The minimum Gasteiger partial charge on any atom is -0.478 e. The van der Waals surface area contributed by atoms with Gasteiger partial charge < -0.3 is 10.4 Å². The van der Waals surface area contributed by atoms with Gasteiger partial charge in [0.05, 0.1) is 15.5 Å². The van der Waals surface area contributed by atoms with E-state index in [1.807, 2.05) is 0 Å². The highest BCUT2D eigenvalue weighted by molar-refractivity contribution is 7.92. The van der Waals surface area contributed by atoms with Gasteiger partial charge in [-0.3, -0.25) is 4.79 Å². The number of benzene rings is 1. The van der Waals surface area contributed by atoms with Gasteiger partial charge in [0, 0.05) is 6.04 Å². The van der Waals surface area contributed by atoms with Crippen LogP contribution in [0.4, 0.5) is 4.39 Å². The van der Waals surface area contributed by atoms with Gasteiger partial charge in [-0.25, -0.2) is 17.6 Å². The van der Waals surface area contributed by atoms with Gasteiger partial charge >= 0.3 is 5.97 Å². The molecular weight excluding hydrogens is 325 g/mol. The molecule has 6 nitrogen and oxygen atoms in total. The molecule has 9 heteroatoms. The Hall–Kier alpha value is -1.67. The number of carbonyl (C=O) groups is 2. The number of carbonyl (C=O) groups excluding carboxylic acids is 1. The van der Waals surface area contributed by atoms with Crippen molar-refractivity contribution in [3.63, 3.8) is 0 Å². The van der Waals surface area contributed by atoms with E-state index in [-0.39, 0.29) is 6.04 Å². The molecule has 0 saturated heterocycles. The summed E-state index contributed by atoms with van der Waals surface area (Å²) in [6.45, 7) is 3.30. The second-order valence-electron chi connectivity index (χ2n) is 4.55. The Morgan fingerprint density at radius 1 is 1.38 bits per heavy atom. The number of carboxylic acids is 1. The Bertz CT molecular complexity index is 687. The summed E-state index contributed by atoms with van der Waals surface area (Å²) in [7, 11) is -4.17. The molecule has 116 valence electrons. The van der Waals surface area contributed by atoms with Crippen LogP contribution in [0.5, 0.6) is 0 Å². The summed E-state index contributed by atoms with van der Waals surface area (Å²) in [5.74, 6) is -4.43. The molecule has 0 heterocycles. The van der Waals surface area contributed by atoms with E-state index in [9.17, 15) is 22.4 Å². The van der Waals surface area contributed by atoms with Gasteiger partial charge in [-0.1, -0.05) is 11.6 Å². The highest BCUT2D eigenvalue weighted by Crippen LogP contribution is 2.25. The van der Waals surface area contributed by atoms with E-state index in [0.717, 1.165) is 6.07 Å². The lowest BCUT2D eigenvalue weighted by molar-refractivity contribution is -0.119. The van der Waals surface area contributed by atoms with Crippen molar-refractivity contribution in [1.29, 1.82) is 0 Å². The van der Waals surface area contributed by atoms with Crippen LogP contribution in [-0.2, 0) is 14.6 Å².